The number of likely N-dealkylation sites (tertiary alicyclic amines) is 1. The molecule has 0 spiro atoms. The van der Waals surface area contributed by atoms with Gasteiger partial charge in [-0.3, -0.25) is 4.79 Å². The molecule has 0 aliphatic carbocycles. The molecule has 3 heteroatoms. The maximum absolute atomic E-state index is 10.5. The number of aliphatic carboxylic acids is 1. The van der Waals surface area contributed by atoms with Crippen molar-refractivity contribution >= 4 is 5.97 Å². The fraction of sp³-hybridized carbons (Fsp3) is 0.917. The van der Waals surface area contributed by atoms with Crippen LogP contribution in [0.4, 0.5) is 0 Å². The van der Waals surface area contributed by atoms with Crippen LogP contribution in [0.25, 0.3) is 0 Å². The van der Waals surface area contributed by atoms with Crippen molar-refractivity contribution in [2.75, 3.05) is 19.6 Å². The molecule has 15 heavy (non-hydrogen) atoms. The number of carboxylic acid groups (broad SMARTS) is 1. The standard InChI is InChI=1S/C12H23NO2/c1-4-12(5-2)8-13(9-12)7-10(3)6-11(14)15/h10H,4-9H2,1-3H3,(H,14,15). The van der Waals surface area contributed by atoms with Crippen LogP contribution in [0.1, 0.15) is 40.0 Å². The molecule has 1 aliphatic rings. The van der Waals surface area contributed by atoms with Crippen molar-refractivity contribution < 1.29 is 9.90 Å². The third-order valence-electron chi connectivity index (χ3n) is 3.71. The molecule has 1 aliphatic heterocycles. The largest absolute Gasteiger partial charge is 0.481 e. The van der Waals surface area contributed by atoms with Crippen molar-refractivity contribution in [3.63, 3.8) is 0 Å². The molecule has 1 unspecified atom stereocenters. The van der Waals surface area contributed by atoms with E-state index in [1.54, 1.807) is 0 Å². The van der Waals surface area contributed by atoms with Gasteiger partial charge in [-0.1, -0.05) is 20.8 Å². The van der Waals surface area contributed by atoms with E-state index in [9.17, 15) is 4.79 Å². The Bertz CT molecular complexity index is 216. The summed E-state index contributed by atoms with van der Waals surface area (Å²) in [5.74, 6) is -0.408. The van der Waals surface area contributed by atoms with E-state index >= 15 is 0 Å². The molecule has 1 saturated heterocycles. The summed E-state index contributed by atoms with van der Waals surface area (Å²) in [6.07, 6.45) is 2.78. The molecule has 0 saturated carbocycles. The van der Waals surface area contributed by atoms with Gasteiger partial charge < -0.3 is 10.0 Å². The highest BCUT2D eigenvalue weighted by Crippen LogP contribution is 2.37. The van der Waals surface area contributed by atoms with Gasteiger partial charge >= 0.3 is 5.97 Å². The third kappa shape index (κ3) is 3.20. The molecule has 1 rings (SSSR count). The van der Waals surface area contributed by atoms with Gasteiger partial charge in [0.05, 0.1) is 0 Å². The maximum Gasteiger partial charge on any atom is 0.303 e. The number of hydrogen-bond donors (Lipinski definition) is 1. The van der Waals surface area contributed by atoms with Gasteiger partial charge in [-0.15, -0.1) is 0 Å². The van der Waals surface area contributed by atoms with Gasteiger partial charge in [0.15, 0.2) is 0 Å². The summed E-state index contributed by atoms with van der Waals surface area (Å²) < 4.78 is 0. The zero-order valence-electron chi connectivity index (χ0n) is 10.1. The molecular weight excluding hydrogens is 190 g/mol. The Labute approximate surface area is 92.5 Å². The monoisotopic (exact) mass is 213 g/mol. The molecule has 1 fully saturated rings. The van der Waals surface area contributed by atoms with Gasteiger partial charge in [-0.05, 0) is 24.2 Å². The zero-order valence-corrected chi connectivity index (χ0v) is 10.1. The predicted molar refractivity (Wildman–Crippen MR) is 60.9 cm³/mol. The first-order chi connectivity index (χ1) is 7.01. The lowest BCUT2D eigenvalue weighted by Crippen LogP contribution is -2.56. The minimum Gasteiger partial charge on any atom is -0.481 e. The number of rotatable bonds is 6. The van der Waals surface area contributed by atoms with E-state index in [0.717, 1.165) is 19.6 Å². The summed E-state index contributed by atoms with van der Waals surface area (Å²) in [5.41, 5.74) is 0.531. The van der Waals surface area contributed by atoms with Crippen LogP contribution in [0.15, 0.2) is 0 Å². The van der Waals surface area contributed by atoms with Gasteiger partial charge in [-0.2, -0.15) is 0 Å². The number of nitrogens with zero attached hydrogens (tertiary/aromatic N) is 1. The molecule has 0 aromatic rings. The van der Waals surface area contributed by atoms with Crippen LogP contribution in [0.5, 0.6) is 0 Å². The van der Waals surface area contributed by atoms with Crippen molar-refractivity contribution in [1.29, 1.82) is 0 Å². The van der Waals surface area contributed by atoms with Crippen LogP contribution in [0.2, 0.25) is 0 Å². The van der Waals surface area contributed by atoms with Crippen LogP contribution in [0, 0.1) is 11.3 Å². The lowest BCUT2D eigenvalue weighted by atomic mass is 9.75. The fourth-order valence-corrected chi connectivity index (χ4v) is 2.53. The topological polar surface area (TPSA) is 40.5 Å². The molecule has 0 bridgehead atoms. The average Bonchev–Trinajstić information content (AvgIpc) is 2.09. The number of carboxylic acids is 1. The van der Waals surface area contributed by atoms with Crippen LogP contribution < -0.4 is 0 Å². The molecule has 1 atom stereocenters. The SMILES string of the molecule is CCC1(CC)CN(CC(C)CC(=O)O)C1. The number of carbonyl (C=O) groups is 1. The van der Waals surface area contributed by atoms with E-state index in [-0.39, 0.29) is 5.92 Å². The summed E-state index contributed by atoms with van der Waals surface area (Å²) >= 11 is 0. The Balaban J connectivity index is 2.24. The van der Waals surface area contributed by atoms with Crippen LogP contribution in [0.3, 0.4) is 0 Å². The summed E-state index contributed by atoms with van der Waals surface area (Å²) in [5, 5.41) is 8.66. The quantitative estimate of drug-likeness (QED) is 0.735. The summed E-state index contributed by atoms with van der Waals surface area (Å²) in [7, 11) is 0. The second-order valence-corrected chi connectivity index (χ2v) is 5.08. The maximum atomic E-state index is 10.5. The minimum absolute atomic E-state index is 0.272. The Hall–Kier alpha value is -0.570. The van der Waals surface area contributed by atoms with Gasteiger partial charge in [0.25, 0.3) is 0 Å². The molecule has 1 heterocycles. The molecule has 88 valence electrons. The van der Waals surface area contributed by atoms with Crippen molar-refractivity contribution in [1.82, 2.24) is 4.90 Å². The Morgan fingerprint density at radius 1 is 1.40 bits per heavy atom. The van der Waals surface area contributed by atoms with E-state index in [2.05, 4.69) is 18.7 Å². The fourth-order valence-electron chi connectivity index (χ4n) is 2.53. The van der Waals surface area contributed by atoms with E-state index in [0.29, 0.717) is 11.8 Å². The Morgan fingerprint density at radius 3 is 2.33 bits per heavy atom. The third-order valence-corrected chi connectivity index (χ3v) is 3.71. The van der Waals surface area contributed by atoms with Gasteiger partial charge in [0.2, 0.25) is 0 Å². The van der Waals surface area contributed by atoms with E-state index < -0.39 is 5.97 Å². The normalized spacial score (nSPS) is 22.1. The van der Waals surface area contributed by atoms with Gasteiger partial charge in [0.1, 0.15) is 0 Å². The molecule has 0 radical (unpaired) electrons. The minimum atomic E-state index is -0.680. The zero-order chi connectivity index (χ0) is 11.5. The van der Waals surface area contributed by atoms with Crippen molar-refractivity contribution in [3.05, 3.63) is 0 Å². The Kier molecular flexibility index (Phi) is 4.14. The lowest BCUT2D eigenvalue weighted by Gasteiger charge is -2.50. The van der Waals surface area contributed by atoms with Crippen LogP contribution >= 0.6 is 0 Å². The average molecular weight is 213 g/mol. The smallest absolute Gasteiger partial charge is 0.303 e. The first kappa shape index (κ1) is 12.5. The van der Waals surface area contributed by atoms with E-state index in [1.165, 1.54) is 12.8 Å². The van der Waals surface area contributed by atoms with Crippen molar-refractivity contribution in [2.45, 2.75) is 40.0 Å². The van der Waals surface area contributed by atoms with E-state index in [1.807, 2.05) is 6.92 Å². The highest BCUT2D eigenvalue weighted by Gasteiger charge is 2.39. The summed E-state index contributed by atoms with van der Waals surface area (Å²) in [6, 6.07) is 0. The van der Waals surface area contributed by atoms with Crippen LogP contribution in [-0.4, -0.2) is 35.6 Å². The molecular formula is C12H23NO2. The van der Waals surface area contributed by atoms with Crippen LogP contribution in [-0.2, 0) is 4.79 Å². The molecule has 3 nitrogen and oxygen atoms in total. The second-order valence-electron chi connectivity index (χ2n) is 5.08. The first-order valence-corrected chi connectivity index (χ1v) is 5.95. The van der Waals surface area contributed by atoms with E-state index in [4.69, 9.17) is 5.11 Å². The lowest BCUT2D eigenvalue weighted by molar-refractivity contribution is -0.138. The molecule has 0 aromatic heterocycles. The molecule has 0 amide bonds. The highest BCUT2D eigenvalue weighted by molar-refractivity contribution is 5.66. The van der Waals surface area contributed by atoms with Gasteiger partial charge in [0, 0.05) is 26.1 Å². The molecule has 1 N–H and O–H groups in total. The predicted octanol–water partition coefficient (Wildman–Crippen LogP) is 2.22. The number of hydrogen-bond acceptors (Lipinski definition) is 2. The highest BCUT2D eigenvalue weighted by atomic mass is 16.4. The first-order valence-electron chi connectivity index (χ1n) is 5.95. The van der Waals surface area contributed by atoms with Crippen molar-refractivity contribution in [2.24, 2.45) is 11.3 Å². The van der Waals surface area contributed by atoms with Crippen molar-refractivity contribution in [3.8, 4) is 0 Å². The summed E-state index contributed by atoms with van der Waals surface area (Å²) in [6.45, 7) is 9.77. The summed E-state index contributed by atoms with van der Waals surface area (Å²) in [4.78, 5) is 12.9. The second kappa shape index (κ2) is 4.97. The van der Waals surface area contributed by atoms with Gasteiger partial charge in [-0.25, -0.2) is 0 Å². The molecule has 0 aromatic carbocycles. The Morgan fingerprint density at radius 2 is 1.93 bits per heavy atom.